The van der Waals surface area contributed by atoms with Crippen molar-refractivity contribution in [2.45, 2.75) is 64.3 Å². The Bertz CT molecular complexity index is 321. The standard InChI is InChI=1S/C15H29N3O2/c1-3-9-15(2,16)14(20)17-10-8-13(19)18-11-6-4-5-7-12-18/h3-12,16H2,1-2H3,(H,17,20). The Morgan fingerprint density at radius 2 is 1.80 bits per heavy atom. The van der Waals surface area contributed by atoms with Gasteiger partial charge in [-0.25, -0.2) is 0 Å². The molecule has 0 saturated carbocycles. The number of nitrogens with zero attached hydrogens (tertiary/aromatic N) is 1. The van der Waals surface area contributed by atoms with E-state index in [9.17, 15) is 9.59 Å². The minimum absolute atomic E-state index is 0.140. The molecule has 5 heteroatoms. The van der Waals surface area contributed by atoms with E-state index in [0.29, 0.717) is 19.4 Å². The third kappa shape index (κ3) is 5.49. The third-order valence-electron chi connectivity index (χ3n) is 3.87. The Kier molecular flexibility index (Phi) is 6.99. The van der Waals surface area contributed by atoms with Crippen LogP contribution in [0.25, 0.3) is 0 Å². The maximum Gasteiger partial charge on any atom is 0.239 e. The first-order chi connectivity index (χ1) is 9.47. The Morgan fingerprint density at radius 3 is 2.35 bits per heavy atom. The van der Waals surface area contributed by atoms with E-state index in [-0.39, 0.29) is 11.8 Å². The average molecular weight is 283 g/mol. The number of carbonyl (C=O) groups excluding carboxylic acids is 2. The second-order valence-corrected chi connectivity index (χ2v) is 5.97. The molecule has 1 saturated heterocycles. The van der Waals surface area contributed by atoms with Crippen molar-refractivity contribution in [3.8, 4) is 0 Å². The van der Waals surface area contributed by atoms with Gasteiger partial charge >= 0.3 is 0 Å². The Hall–Kier alpha value is -1.10. The fourth-order valence-corrected chi connectivity index (χ4v) is 2.60. The molecule has 3 N–H and O–H groups in total. The molecule has 1 rings (SSSR count). The molecule has 20 heavy (non-hydrogen) atoms. The van der Waals surface area contributed by atoms with E-state index in [4.69, 9.17) is 5.73 Å². The van der Waals surface area contributed by atoms with Crippen LogP contribution >= 0.6 is 0 Å². The summed E-state index contributed by atoms with van der Waals surface area (Å²) in [6, 6.07) is 0. The van der Waals surface area contributed by atoms with E-state index in [2.05, 4.69) is 5.32 Å². The van der Waals surface area contributed by atoms with Gasteiger partial charge in [0.1, 0.15) is 0 Å². The molecular formula is C15H29N3O2. The molecule has 0 radical (unpaired) electrons. The van der Waals surface area contributed by atoms with Gasteiger partial charge < -0.3 is 16.0 Å². The summed E-state index contributed by atoms with van der Waals surface area (Å²) < 4.78 is 0. The van der Waals surface area contributed by atoms with Crippen molar-refractivity contribution in [2.24, 2.45) is 5.73 Å². The number of carbonyl (C=O) groups is 2. The second-order valence-electron chi connectivity index (χ2n) is 5.97. The lowest BCUT2D eigenvalue weighted by Gasteiger charge is -2.24. The zero-order chi connectivity index (χ0) is 15.0. The van der Waals surface area contributed by atoms with E-state index in [1.54, 1.807) is 6.92 Å². The van der Waals surface area contributed by atoms with Crippen LogP contribution in [0.5, 0.6) is 0 Å². The normalized spacial score (nSPS) is 19.1. The summed E-state index contributed by atoms with van der Waals surface area (Å²) in [5.74, 6) is -0.0237. The van der Waals surface area contributed by atoms with Crippen molar-refractivity contribution in [1.29, 1.82) is 0 Å². The van der Waals surface area contributed by atoms with Crippen molar-refractivity contribution in [2.75, 3.05) is 19.6 Å². The van der Waals surface area contributed by atoms with Gasteiger partial charge in [-0.05, 0) is 26.2 Å². The summed E-state index contributed by atoms with van der Waals surface area (Å²) in [6.07, 6.45) is 6.50. The number of nitrogens with two attached hydrogens (primary N) is 1. The van der Waals surface area contributed by atoms with Crippen LogP contribution in [-0.4, -0.2) is 41.9 Å². The summed E-state index contributed by atoms with van der Waals surface area (Å²) >= 11 is 0. The highest BCUT2D eigenvalue weighted by Gasteiger charge is 2.26. The van der Waals surface area contributed by atoms with Crippen LogP contribution in [0.3, 0.4) is 0 Å². The Labute approximate surface area is 122 Å². The van der Waals surface area contributed by atoms with E-state index >= 15 is 0 Å². The highest BCUT2D eigenvalue weighted by atomic mass is 16.2. The lowest BCUT2D eigenvalue weighted by molar-refractivity contribution is -0.131. The first kappa shape index (κ1) is 17.0. The van der Waals surface area contributed by atoms with E-state index < -0.39 is 5.54 Å². The molecule has 1 heterocycles. The fourth-order valence-electron chi connectivity index (χ4n) is 2.60. The van der Waals surface area contributed by atoms with Gasteiger partial charge in [0.05, 0.1) is 5.54 Å². The molecule has 0 bridgehead atoms. The molecule has 1 aliphatic heterocycles. The molecular weight excluding hydrogens is 254 g/mol. The average Bonchev–Trinajstić information content (AvgIpc) is 2.67. The quantitative estimate of drug-likeness (QED) is 0.774. The van der Waals surface area contributed by atoms with Crippen LogP contribution in [-0.2, 0) is 9.59 Å². The number of nitrogens with one attached hydrogen (secondary N) is 1. The number of hydrogen-bond acceptors (Lipinski definition) is 3. The molecule has 5 nitrogen and oxygen atoms in total. The number of amides is 2. The van der Waals surface area contributed by atoms with Crippen LogP contribution in [0.1, 0.15) is 58.8 Å². The molecule has 1 atom stereocenters. The molecule has 2 amide bonds. The SMILES string of the molecule is CCCC(C)(N)C(=O)NCCC(=O)N1CCCCCC1. The zero-order valence-corrected chi connectivity index (χ0v) is 12.9. The molecule has 1 aliphatic rings. The zero-order valence-electron chi connectivity index (χ0n) is 12.9. The molecule has 1 unspecified atom stereocenters. The first-order valence-electron chi connectivity index (χ1n) is 7.82. The highest BCUT2D eigenvalue weighted by Crippen LogP contribution is 2.11. The molecule has 0 aromatic heterocycles. The summed E-state index contributed by atoms with van der Waals surface area (Å²) in [5.41, 5.74) is 5.11. The first-order valence-corrected chi connectivity index (χ1v) is 7.82. The van der Waals surface area contributed by atoms with Gasteiger partial charge in [0.2, 0.25) is 11.8 Å². The topological polar surface area (TPSA) is 75.4 Å². The number of hydrogen-bond donors (Lipinski definition) is 2. The number of likely N-dealkylation sites (tertiary alicyclic amines) is 1. The third-order valence-corrected chi connectivity index (χ3v) is 3.87. The predicted molar refractivity (Wildman–Crippen MR) is 80.2 cm³/mol. The largest absolute Gasteiger partial charge is 0.354 e. The molecule has 116 valence electrons. The smallest absolute Gasteiger partial charge is 0.239 e. The maximum atomic E-state index is 12.1. The minimum Gasteiger partial charge on any atom is -0.354 e. The Morgan fingerprint density at radius 1 is 1.20 bits per heavy atom. The molecule has 0 aliphatic carbocycles. The van der Waals surface area contributed by atoms with Crippen molar-refractivity contribution in [1.82, 2.24) is 10.2 Å². The van der Waals surface area contributed by atoms with Crippen LogP contribution in [0.2, 0.25) is 0 Å². The van der Waals surface area contributed by atoms with E-state index in [1.165, 1.54) is 12.8 Å². The van der Waals surface area contributed by atoms with Gasteiger partial charge in [0.25, 0.3) is 0 Å². The number of rotatable bonds is 6. The highest BCUT2D eigenvalue weighted by molar-refractivity contribution is 5.86. The van der Waals surface area contributed by atoms with Crippen molar-refractivity contribution in [3.63, 3.8) is 0 Å². The lowest BCUT2D eigenvalue weighted by atomic mass is 9.96. The minimum atomic E-state index is -0.833. The summed E-state index contributed by atoms with van der Waals surface area (Å²) in [4.78, 5) is 25.9. The van der Waals surface area contributed by atoms with Crippen molar-refractivity contribution in [3.05, 3.63) is 0 Å². The molecule has 0 spiro atoms. The maximum absolute atomic E-state index is 12.1. The Balaban J connectivity index is 2.29. The second kappa shape index (κ2) is 8.25. The molecule has 0 aromatic rings. The van der Waals surface area contributed by atoms with Crippen LogP contribution in [0.4, 0.5) is 0 Å². The molecule has 1 fully saturated rings. The monoisotopic (exact) mass is 283 g/mol. The summed E-state index contributed by atoms with van der Waals surface area (Å²) in [6.45, 7) is 5.84. The lowest BCUT2D eigenvalue weighted by Crippen LogP contribution is -2.52. The van der Waals surface area contributed by atoms with E-state index in [0.717, 1.165) is 32.4 Å². The summed E-state index contributed by atoms with van der Waals surface area (Å²) in [5, 5.41) is 2.78. The van der Waals surface area contributed by atoms with Crippen LogP contribution in [0, 0.1) is 0 Å². The van der Waals surface area contributed by atoms with Gasteiger partial charge in [-0.15, -0.1) is 0 Å². The van der Waals surface area contributed by atoms with Crippen molar-refractivity contribution >= 4 is 11.8 Å². The summed E-state index contributed by atoms with van der Waals surface area (Å²) in [7, 11) is 0. The van der Waals surface area contributed by atoms with Gasteiger partial charge in [0.15, 0.2) is 0 Å². The van der Waals surface area contributed by atoms with Gasteiger partial charge in [-0.2, -0.15) is 0 Å². The van der Waals surface area contributed by atoms with E-state index in [1.807, 2.05) is 11.8 Å². The van der Waals surface area contributed by atoms with Gasteiger partial charge in [-0.3, -0.25) is 9.59 Å². The van der Waals surface area contributed by atoms with Crippen LogP contribution in [0.15, 0.2) is 0 Å². The predicted octanol–water partition coefficient (Wildman–Crippen LogP) is 1.41. The van der Waals surface area contributed by atoms with Gasteiger partial charge in [0, 0.05) is 26.1 Å². The van der Waals surface area contributed by atoms with Gasteiger partial charge in [-0.1, -0.05) is 26.2 Å². The fraction of sp³-hybridized carbons (Fsp3) is 0.867. The van der Waals surface area contributed by atoms with Crippen molar-refractivity contribution < 1.29 is 9.59 Å². The molecule has 0 aromatic carbocycles. The van der Waals surface area contributed by atoms with Crippen LogP contribution < -0.4 is 11.1 Å².